The Balaban J connectivity index is 1.90. The van der Waals surface area contributed by atoms with Gasteiger partial charge in [0.15, 0.2) is 12.4 Å². The number of amides is 2. The third-order valence-electron chi connectivity index (χ3n) is 4.99. The number of nitrogens with one attached hydrogen (secondary N) is 1. The molecule has 4 aromatic rings. The summed E-state index contributed by atoms with van der Waals surface area (Å²) in [6.45, 7) is -0.292. The van der Waals surface area contributed by atoms with Crippen molar-refractivity contribution < 1.29 is 19.1 Å². The molecule has 0 aliphatic carbocycles. The van der Waals surface area contributed by atoms with Gasteiger partial charge >= 0.3 is 6.09 Å². The first kappa shape index (κ1) is 22.3. The molecule has 1 aromatic heterocycles. The zero-order valence-electron chi connectivity index (χ0n) is 18.3. The average Bonchev–Trinajstić information content (AvgIpc) is 2.90. The smallest absolute Gasteiger partial charge is 0.433 e. The highest BCUT2D eigenvalue weighted by atomic mass is 16.5. The van der Waals surface area contributed by atoms with E-state index in [1.165, 1.54) is 7.11 Å². The van der Waals surface area contributed by atoms with Crippen molar-refractivity contribution in [2.45, 2.75) is 0 Å². The largest absolute Gasteiger partial charge is 0.476 e. The number of para-hydroxylation sites is 2. The average molecular weight is 452 g/mol. The number of nitriles is 1. The molecule has 168 valence electrons. The van der Waals surface area contributed by atoms with Crippen LogP contribution >= 0.6 is 0 Å². The van der Waals surface area contributed by atoms with E-state index in [2.05, 4.69) is 5.43 Å². The van der Waals surface area contributed by atoms with Crippen molar-refractivity contribution in [1.29, 1.82) is 5.26 Å². The van der Waals surface area contributed by atoms with Crippen LogP contribution in [0.25, 0.3) is 22.2 Å². The number of anilines is 1. The summed E-state index contributed by atoms with van der Waals surface area (Å²) in [5.41, 5.74) is 4.84. The van der Waals surface area contributed by atoms with Gasteiger partial charge in [-0.05, 0) is 18.2 Å². The molecule has 8 heteroatoms. The summed E-state index contributed by atoms with van der Waals surface area (Å²) < 4.78 is 10.6. The number of rotatable bonds is 5. The highest BCUT2D eigenvalue weighted by molar-refractivity contribution is 6.12. The lowest BCUT2D eigenvalue weighted by molar-refractivity contribution is 0.0939. The molecule has 4 rings (SSSR count). The Morgan fingerprint density at radius 2 is 1.62 bits per heavy atom. The van der Waals surface area contributed by atoms with Gasteiger partial charge < -0.3 is 9.47 Å². The number of carbonyl (C=O) groups excluding carboxylic acids is 2. The zero-order chi connectivity index (χ0) is 23.9. The number of carbonyl (C=O) groups is 2. The highest BCUT2D eigenvalue weighted by Gasteiger charge is 2.27. The molecule has 1 heterocycles. The lowest BCUT2D eigenvalue weighted by Gasteiger charge is -2.23. The quantitative estimate of drug-likeness (QED) is 0.439. The monoisotopic (exact) mass is 452 g/mol. The maximum Gasteiger partial charge on any atom is 0.433 e. The second-order valence-corrected chi connectivity index (χ2v) is 7.08. The molecule has 0 saturated carbocycles. The van der Waals surface area contributed by atoms with E-state index in [0.29, 0.717) is 27.8 Å². The number of pyridine rings is 1. The summed E-state index contributed by atoms with van der Waals surface area (Å²) in [5, 5.41) is 10.7. The molecule has 0 aliphatic rings. The van der Waals surface area contributed by atoms with Crippen molar-refractivity contribution in [3.05, 3.63) is 90.5 Å². The molecule has 0 aliphatic heterocycles. The highest BCUT2D eigenvalue weighted by Crippen LogP contribution is 2.36. The summed E-state index contributed by atoms with van der Waals surface area (Å²) in [4.78, 5) is 30.9. The van der Waals surface area contributed by atoms with E-state index < -0.39 is 12.0 Å². The number of aromatic nitrogens is 1. The molecule has 0 saturated heterocycles. The fraction of sp³-hybridized carbons (Fsp3) is 0.0769. The third-order valence-corrected chi connectivity index (χ3v) is 4.99. The Labute approximate surface area is 195 Å². The molecule has 0 spiro atoms. The Kier molecular flexibility index (Phi) is 6.65. The Bertz CT molecular complexity index is 1370. The van der Waals surface area contributed by atoms with Crippen LogP contribution in [-0.4, -0.2) is 30.7 Å². The van der Waals surface area contributed by atoms with Gasteiger partial charge in [-0.1, -0.05) is 66.7 Å². The number of hydrazine groups is 1. The van der Waals surface area contributed by atoms with Gasteiger partial charge in [0.25, 0.3) is 5.91 Å². The minimum absolute atomic E-state index is 0.141. The summed E-state index contributed by atoms with van der Waals surface area (Å²) in [6.07, 6.45) is -0.777. The van der Waals surface area contributed by atoms with E-state index in [0.717, 1.165) is 5.01 Å². The Hall–Kier alpha value is -4.90. The van der Waals surface area contributed by atoms with E-state index in [-0.39, 0.29) is 17.9 Å². The molecule has 0 radical (unpaired) electrons. The van der Waals surface area contributed by atoms with Gasteiger partial charge in [-0.2, -0.15) is 10.3 Å². The van der Waals surface area contributed by atoms with Gasteiger partial charge in [0.2, 0.25) is 0 Å². The second kappa shape index (κ2) is 10.1. The second-order valence-electron chi connectivity index (χ2n) is 7.08. The van der Waals surface area contributed by atoms with Crippen molar-refractivity contribution in [2.75, 3.05) is 18.7 Å². The van der Waals surface area contributed by atoms with Crippen LogP contribution in [0.1, 0.15) is 10.4 Å². The van der Waals surface area contributed by atoms with Crippen molar-refractivity contribution in [1.82, 2.24) is 10.4 Å². The molecule has 3 aromatic carbocycles. The molecule has 1 N–H and O–H groups in total. The molecule has 0 unspecified atom stereocenters. The SMILES string of the molecule is COC(=O)N(NC(=O)c1c(OCC#N)c(-c2ccccc2)nc2ccccc12)c1ccccc1. The minimum Gasteiger partial charge on any atom is -0.476 e. The topological polar surface area (TPSA) is 105 Å². The number of nitrogens with zero attached hydrogens (tertiary/aromatic N) is 3. The summed E-state index contributed by atoms with van der Waals surface area (Å²) in [7, 11) is 1.22. The molecule has 0 bridgehead atoms. The number of methoxy groups -OCH3 is 1. The van der Waals surface area contributed by atoms with Crippen molar-refractivity contribution >= 4 is 28.6 Å². The van der Waals surface area contributed by atoms with Crippen molar-refractivity contribution in [2.24, 2.45) is 0 Å². The van der Waals surface area contributed by atoms with Crippen LogP contribution in [0.2, 0.25) is 0 Å². The van der Waals surface area contributed by atoms with Crippen LogP contribution in [-0.2, 0) is 4.74 Å². The third kappa shape index (κ3) is 4.49. The van der Waals surface area contributed by atoms with Crippen LogP contribution < -0.4 is 15.2 Å². The van der Waals surface area contributed by atoms with E-state index in [1.807, 2.05) is 42.5 Å². The number of ether oxygens (including phenoxy) is 2. The van der Waals surface area contributed by atoms with Gasteiger partial charge in [-0.25, -0.2) is 9.78 Å². The molecule has 8 nitrogen and oxygen atoms in total. The fourth-order valence-electron chi connectivity index (χ4n) is 3.50. The molecular weight excluding hydrogens is 432 g/mol. The van der Waals surface area contributed by atoms with E-state index in [9.17, 15) is 9.59 Å². The lowest BCUT2D eigenvalue weighted by Crippen LogP contribution is -2.46. The van der Waals surface area contributed by atoms with Gasteiger partial charge in [-0.3, -0.25) is 10.2 Å². The van der Waals surface area contributed by atoms with Crippen LogP contribution in [0.4, 0.5) is 10.5 Å². The Morgan fingerprint density at radius 3 is 2.29 bits per heavy atom. The maximum atomic E-state index is 13.7. The van der Waals surface area contributed by atoms with Crippen LogP contribution in [0.5, 0.6) is 5.75 Å². The first-order valence-corrected chi connectivity index (χ1v) is 10.4. The Morgan fingerprint density at radius 1 is 0.971 bits per heavy atom. The number of hydrogen-bond acceptors (Lipinski definition) is 6. The number of benzene rings is 3. The van der Waals surface area contributed by atoms with Crippen molar-refractivity contribution in [3.63, 3.8) is 0 Å². The number of hydrogen-bond donors (Lipinski definition) is 1. The summed E-state index contributed by atoms with van der Waals surface area (Å²) >= 11 is 0. The zero-order valence-corrected chi connectivity index (χ0v) is 18.3. The van der Waals surface area contributed by atoms with Gasteiger partial charge in [0.1, 0.15) is 11.8 Å². The normalized spacial score (nSPS) is 10.2. The number of fused-ring (bicyclic) bond motifs is 1. The first-order chi connectivity index (χ1) is 16.6. The molecule has 0 fully saturated rings. The van der Waals surface area contributed by atoms with Gasteiger partial charge in [-0.15, -0.1) is 0 Å². The predicted octanol–water partition coefficient (Wildman–Crippen LogP) is 4.72. The van der Waals surface area contributed by atoms with E-state index in [4.69, 9.17) is 19.7 Å². The molecule has 34 heavy (non-hydrogen) atoms. The molecule has 2 amide bonds. The van der Waals surface area contributed by atoms with E-state index in [1.54, 1.807) is 48.5 Å². The van der Waals surface area contributed by atoms with Crippen LogP contribution in [0.3, 0.4) is 0 Å². The summed E-state index contributed by atoms with van der Waals surface area (Å²) in [5.74, 6) is -0.486. The maximum absolute atomic E-state index is 13.7. The van der Waals surface area contributed by atoms with Gasteiger partial charge in [0, 0.05) is 10.9 Å². The molecular formula is C26H20N4O4. The summed E-state index contributed by atoms with van der Waals surface area (Å²) in [6, 6.07) is 26.8. The predicted molar refractivity (Wildman–Crippen MR) is 127 cm³/mol. The van der Waals surface area contributed by atoms with Crippen LogP contribution in [0.15, 0.2) is 84.9 Å². The fourth-order valence-corrected chi connectivity index (χ4v) is 3.50. The van der Waals surface area contributed by atoms with Crippen molar-refractivity contribution in [3.8, 4) is 23.1 Å². The first-order valence-electron chi connectivity index (χ1n) is 10.4. The van der Waals surface area contributed by atoms with E-state index >= 15 is 0 Å². The molecule has 0 atom stereocenters. The van der Waals surface area contributed by atoms with Gasteiger partial charge in [0.05, 0.1) is 23.9 Å². The lowest BCUT2D eigenvalue weighted by atomic mass is 10.0. The minimum atomic E-state index is -0.777. The van der Waals surface area contributed by atoms with Crippen LogP contribution in [0, 0.1) is 11.3 Å². The standard InChI is InChI=1S/C26H20N4O4/c1-33-26(32)30(19-12-6-3-7-13-19)29-25(31)22-20-14-8-9-15-21(20)28-23(24(22)34-17-16-27)18-10-4-2-5-11-18/h2-15H,17H2,1H3,(H,29,31).